The van der Waals surface area contributed by atoms with Gasteiger partial charge in [-0.05, 0) is 0 Å². The van der Waals surface area contributed by atoms with E-state index in [0.29, 0.717) is 0 Å². The topological polar surface area (TPSA) is 14.1 Å². The third-order valence-electron chi connectivity index (χ3n) is 0. The number of hydrogen-bond acceptors (Lipinski definition) is 0. The molecule has 0 aliphatic rings. The summed E-state index contributed by atoms with van der Waals surface area (Å²) in [4.78, 5) is 0. The van der Waals surface area contributed by atoms with Crippen molar-refractivity contribution in [3.8, 4) is 0 Å². The molecule has 0 fully saturated rings. The molecule has 0 amide bonds. The van der Waals surface area contributed by atoms with Crippen molar-refractivity contribution in [1.82, 2.24) is 0 Å². The Morgan fingerprint density at radius 1 is 1.14 bits per heavy atom. The molecular weight excluding hydrogens is 245 g/mol. The molecule has 0 aliphatic carbocycles. The van der Waals surface area contributed by atoms with E-state index in [1.54, 1.807) is 14.1 Å². The average molecular weight is 252 g/mol. The van der Waals surface area contributed by atoms with Crippen molar-refractivity contribution in [2.24, 2.45) is 0 Å². The van der Waals surface area contributed by atoms with Crippen molar-refractivity contribution < 1.29 is 13.0 Å². The first kappa shape index (κ1) is 11.3. The van der Waals surface area contributed by atoms with Gasteiger partial charge in [-0.25, -0.2) is 0 Å². The molecule has 0 aromatic heterocycles. The normalized spacial score (nSPS) is 9.00. The van der Waals surface area contributed by atoms with Gasteiger partial charge in [0.25, 0.3) is 0 Å². The molecule has 49 valence electrons. The second-order valence-electron chi connectivity index (χ2n) is 0.599. The van der Waals surface area contributed by atoms with Crippen LogP contribution in [-0.2, 0) is 13.0 Å². The maximum atomic E-state index is 4.95. The summed E-state index contributed by atoms with van der Waals surface area (Å²) in [6.45, 7) is 0. The van der Waals surface area contributed by atoms with Crippen LogP contribution in [0.2, 0.25) is 0 Å². The number of halogens is 3. The predicted octanol–water partition coefficient (Wildman–Crippen LogP) is 2.69. The van der Waals surface area contributed by atoms with Gasteiger partial charge in [0, 0.05) is 0 Å². The molecule has 0 aliphatic heterocycles. The third-order valence-corrected chi connectivity index (χ3v) is 0. The van der Waals surface area contributed by atoms with Crippen LogP contribution in [-0.4, -0.2) is 14.1 Å². The molecule has 0 rings (SSSR count). The van der Waals surface area contributed by atoms with Crippen molar-refractivity contribution in [2.75, 3.05) is 14.1 Å². The first-order valence-electron chi connectivity index (χ1n) is 1.30. The minimum atomic E-state index is -1.75. The zero-order chi connectivity index (χ0) is 6.28. The van der Waals surface area contributed by atoms with Crippen LogP contribution in [0.4, 0.5) is 0 Å². The van der Waals surface area contributed by atoms with Crippen LogP contribution in [0.25, 0.3) is 5.32 Å². The summed E-state index contributed by atoms with van der Waals surface area (Å²) in [7, 11) is 18.3. The molecule has 0 spiro atoms. The monoisotopic (exact) mass is 251 g/mol. The van der Waals surface area contributed by atoms with Crippen molar-refractivity contribution in [1.29, 1.82) is 0 Å². The molecule has 0 atom stereocenters. The second-order valence-corrected chi connectivity index (χ2v) is 8.52. The number of hydrogen-bond donors (Lipinski definition) is 0. The van der Waals surface area contributed by atoms with Crippen LogP contribution < -0.4 is 0 Å². The van der Waals surface area contributed by atoms with Gasteiger partial charge in [-0.2, -0.15) is 14.1 Å². The van der Waals surface area contributed by atoms with E-state index in [4.69, 9.17) is 29.1 Å². The van der Waals surface area contributed by atoms with E-state index < -0.39 is 13.0 Å². The quantitative estimate of drug-likeness (QED) is 0.588. The van der Waals surface area contributed by atoms with Crippen LogP contribution in [0.1, 0.15) is 0 Å². The molecule has 0 unspecified atom stereocenters. The predicted molar refractivity (Wildman–Crippen MR) is 32.8 cm³/mol. The summed E-state index contributed by atoms with van der Waals surface area (Å²) in [5.74, 6) is 0. The first-order chi connectivity index (χ1) is 3.15. The molecule has 0 bridgehead atoms. The SMILES string of the molecule is C[N-]C.[Cl][Ru]([Cl])[Cl]. The van der Waals surface area contributed by atoms with Crippen LogP contribution in [0, 0.1) is 0 Å². The van der Waals surface area contributed by atoms with Crippen molar-refractivity contribution in [3.05, 3.63) is 5.32 Å². The van der Waals surface area contributed by atoms with Crippen LogP contribution in [0.15, 0.2) is 0 Å². The fraction of sp³-hybridized carbons (Fsp3) is 1.00. The van der Waals surface area contributed by atoms with E-state index in [-0.39, 0.29) is 0 Å². The van der Waals surface area contributed by atoms with Gasteiger partial charge in [0.15, 0.2) is 0 Å². The van der Waals surface area contributed by atoms with Gasteiger partial charge in [-0.15, -0.1) is 0 Å². The zero-order valence-corrected chi connectivity index (χ0v) is 7.94. The van der Waals surface area contributed by atoms with Gasteiger partial charge in [0.2, 0.25) is 0 Å². The Bertz CT molecular complexity index is 24.1. The van der Waals surface area contributed by atoms with Gasteiger partial charge in [-0.3, -0.25) is 0 Å². The number of nitrogens with zero attached hydrogens (tertiary/aromatic N) is 1. The summed E-state index contributed by atoms with van der Waals surface area (Å²) < 4.78 is 0. The Morgan fingerprint density at radius 2 is 1.14 bits per heavy atom. The van der Waals surface area contributed by atoms with Gasteiger partial charge >= 0.3 is 42.1 Å². The minimum absolute atomic E-state index is 1.75. The summed E-state index contributed by atoms with van der Waals surface area (Å²) in [6, 6.07) is 0. The summed E-state index contributed by atoms with van der Waals surface area (Å²) in [5, 5.41) is 3.50. The molecule has 7 heavy (non-hydrogen) atoms. The van der Waals surface area contributed by atoms with E-state index in [1.165, 1.54) is 0 Å². The molecule has 5 heteroatoms. The molecule has 0 saturated carbocycles. The van der Waals surface area contributed by atoms with E-state index in [1.807, 2.05) is 0 Å². The van der Waals surface area contributed by atoms with Crippen molar-refractivity contribution >= 4 is 29.1 Å². The van der Waals surface area contributed by atoms with Gasteiger partial charge in [-0.1, -0.05) is 0 Å². The fourth-order valence-electron chi connectivity index (χ4n) is 0. The Morgan fingerprint density at radius 3 is 1.14 bits per heavy atom. The maximum absolute atomic E-state index is 4.95. The first-order valence-corrected chi connectivity index (χ1v) is 8.01. The van der Waals surface area contributed by atoms with Gasteiger partial charge < -0.3 is 5.32 Å². The second kappa shape index (κ2) is 10.4. The van der Waals surface area contributed by atoms with Crippen LogP contribution in [0.3, 0.4) is 0 Å². The summed E-state index contributed by atoms with van der Waals surface area (Å²) >= 11 is -1.75. The molecule has 1 nitrogen and oxygen atoms in total. The van der Waals surface area contributed by atoms with E-state index in [2.05, 4.69) is 5.32 Å². The molecular formula is C2H6Cl3NRu-. The standard InChI is InChI=1S/C2H6N.3ClH.Ru/c1-3-2;;;;/h1-2H3;3*1H;/q-1;;;;+3/p-3. The van der Waals surface area contributed by atoms with Crippen LogP contribution >= 0.6 is 29.1 Å². The third kappa shape index (κ3) is 105. The van der Waals surface area contributed by atoms with Gasteiger partial charge in [0.1, 0.15) is 0 Å². The molecule has 0 saturated heterocycles. The van der Waals surface area contributed by atoms with Gasteiger partial charge in [0.05, 0.1) is 0 Å². The Balaban J connectivity index is 0. The number of rotatable bonds is 0. The Labute approximate surface area is 61.3 Å². The van der Waals surface area contributed by atoms with E-state index >= 15 is 0 Å². The molecule has 0 aromatic carbocycles. The Hall–Kier alpha value is 1.45. The zero-order valence-electron chi connectivity index (χ0n) is 3.93. The molecule has 0 N–H and O–H groups in total. The Kier molecular flexibility index (Phi) is 16.8. The summed E-state index contributed by atoms with van der Waals surface area (Å²) in [6.07, 6.45) is 0. The fourth-order valence-corrected chi connectivity index (χ4v) is 0. The van der Waals surface area contributed by atoms with Crippen molar-refractivity contribution in [2.45, 2.75) is 0 Å². The van der Waals surface area contributed by atoms with E-state index in [9.17, 15) is 0 Å². The van der Waals surface area contributed by atoms with Crippen molar-refractivity contribution in [3.63, 3.8) is 0 Å². The molecule has 0 heterocycles. The van der Waals surface area contributed by atoms with E-state index in [0.717, 1.165) is 0 Å². The van der Waals surface area contributed by atoms with Crippen LogP contribution in [0.5, 0.6) is 0 Å². The molecule has 0 aromatic rings. The summed E-state index contributed by atoms with van der Waals surface area (Å²) in [5.41, 5.74) is 0. The average Bonchev–Trinajstić information content (AvgIpc) is 1.33. The molecule has 0 radical (unpaired) electrons.